The summed E-state index contributed by atoms with van der Waals surface area (Å²) in [4.78, 5) is 4.35. The molecule has 0 amide bonds. The van der Waals surface area contributed by atoms with Gasteiger partial charge in [0.05, 0.1) is 29.8 Å². The lowest BCUT2D eigenvalue weighted by atomic mass is 10.2. The molecule has 0 radical (unpaired) electrons. The van der Waals surface area contributed by atoms with Gasteiger partial charge in [0.15, 0.2) is 0 Å². The van der Waals surface area contributed by atoms with Crippen molar-refractivity contribution in [3.63, 3.8) is 0 Å². The summed E-state index contributed by atoms with van der Waals surface area (Å²) in [6, 6.07) is 3.86. The molecule has 0 aliphatic heterocycles. The van der Waals surface area contributed by atoms with Crippen LogP contribution in [0.2, 0.25) is 0 Å². The van der Waals surface area contributed by atoms with Crippen molar-refractivity contribution in [3.05, 3.63) is 41.0 Å². The monoisotopic (exact) mass is 291 g/mol. The number of pyridine rings is 1. The molecule has 2 aromatic heterocycles. The maximum atomic E-state index is 5.71. The second kappa shape index (κ2) is 7.75. The minimum absolute atomic E-state index is 0.439. The Bertz CT molecular complexity index is 532. The third-order valence-corrected chi connectivity index (χ3v) is 3.15. The summed E-state index contributed by atoms with van der Waals surface area (Å²) in [5.41, 5.74) is 2.82. The zero-order chi connectivity index (χ0) is 15.1. The van der Waals surface area contributed by atoms with Crippen LogP contribution in [0.3, 0.4) is 0 Å². The lowest BCUT2D eigenvalue weighted by molar-refractivity contribution is 0.199. The van der Waals surface area contributed by atoms with E-state index in [4.69, 9.17) is 14.0 Å². The van der Waals surface area contributed by atoms with Crippen LogP contribution in [0.1, 0.15) is 22.7 Å². The zero-order valence-electron chi connectivity index (χ0n) is 12.7. The number of aryl methyl sites for hydroxylation is 2. The maximum absolute atomic E-state index is 5.71. The molecule has 0 aliphatic rings. The summed E-state index contributed by atoms with van der Waals surface area (Å²) >= 11 is 0. The van der Waals surface area contributed by atoms with E-state index in [1.807, 2.05) is 26.0 Å². The van der Waals surface area contributed by atoms with E-state index < -0.39 is 0 Å². The number of rotatable bonds is 8. The minimum atomic E-state index is 0.439. The Balaban J connectivity index is 1.82. The average Bonchev–Trinajstić information content (AvgIpc) is 2.82. The van der Waals surface area contributed by atoms with Crippen molar-refractivity contribution in [1.29, 1.82) is 0 Å². The topological polar surface area (TPSA) is 69.4 Å². The first kappa shape index (κ1) is 15.5. The summed E-state index contributed by atoms with van der Waals surface area (Å²) in [6.45, 7) is 6.44. The van der Waals surface area contributed by atoms with Crippen molar-refractivity contribution in [2.75, 3.05) is 20.3 Å². The first-order valence-electron chi connectivity index (χ1n) is 6.90. The van der Waals surface area contributed by atoms with Gasteiger partial charge in [-0.15, -0.1) is 0 Å². The molecule has 0 bridgehead atoms. The van der Waals surface area contributed by atoms with Gasteiger partial charge >= 0.3 is 0 Å². The zero-order valence-corrected chi connectivity index (χ0v) is 12.7. The van der Waals surface area contributed by atoms with Gasteiger partial charge in [-0.1, -0.05) is 5.16 Å². The fourth-order valence-corrected chi connectivity index (χ4v) is 1.86. The van der Waals surface area contributed by atoms with Crippen molar-refractivity contribution < 1.29 is 14.0 Å². The molecule has 2 rings (SSSR count). The largest absolute Gasteiger partial charge is 0.487 e. The molecule has 0 aliphatic carbocycles. The number of nitrogens with one attached hydrogen (secondary N) is 1. The van der Waals surface area contributed by atoms with Crippen LogP contribution in [0.25, 0.3) is 0 Å². The molecular formula is C15H21N3O3. The van der Waals surface area contributed by atoms with Crippen molar-refractivity contribution in [2.45, 2.75) is 27.0 Å². The van der Waals surface area contributed by atoms with Crippen LogP contribution >= 0.6 is 0 Å². The molecule has 21 heavy (non-hydrogen) atoms. The van der Waals surface area contributed by atoms with Gasteiger partial charge in [0.2, 0.25) is 0 Å². The Labute approximate surface area is 124 Å². The number of ether oxygens (including phenoxy) is 2. The number of hydrogen-bond acceptors (Lipinski definition) is 6. The first-order valence-corrected chi connectivity index (χ1v) is 6.90. The van der Waals surface area contributed by atoms with E-state index in [-0.39, 0.29) is 0 Å². The van der Waals surface area contributed by atoms with Gasteiger partial charge in [0, 0.05) is 20.2 Å². The molecule has 0 spiro atoms. The van der Waals surface area contributed by atoms with E-state index in [9.17, 15) is 0 Å². The second-order valence-electron chi connectivity index (χ2n) is 4.75. The smallest absolute Gasteiger partial charge is 0.140 e. The van der Waals surface area contributed by atoms with Gasteiger partial charge in [-0.2, -0.15) is 0 Å². The van der Waals surface area contributed by atoms with E-state index in [0.29, 0.717) is 19.8 Å². The van der Waals surface area contributed by atoms with Crippen molar-refractivity contribution in [1.82, 2.24) is 15.5 Å². The molecule has 114 valence electrons. The lowest BCUT2D eigenvalue weighted by Crippen LogP contribution is -2.19. The van der Waals surface area contributed by atoms with Crippen molar-refractivity contribution in [3.8, 4) is 5.75 Å². The Kier molecular flexibility index (Phi) is 5.71. The molecule has 0 fully saturated rings. The number of nitrogens with zero attached hydrogens (tertiary/aromatic N) is 2. The van der Waals surface area contributed by atoms with Crippen LogP contribution in [0.15, 0.2) is 22.9 Å². The molecule has 0 saturated heterocycles. The summed E-state index contributed by atoms with van der Waals surface area (Å²) in [6.07, 6.45) is 1.73. The molecular weight excluding hydrogens is 270 g/mol. The third kappa shape index (κ3) is 4.54. The second-order valence-corrected chi connectivity index (χ2v) is 4.75. The van der Waals surface area contributed by atoms with Gasteiger partial charge in [0.25, 0.3) is 0 Å². The van der Waals surface area contributed by atoms with Crippen LogP contribution in [-0.2, 0) is 17.9 Å². The normalized spacial score (nSPS) is 10.8. The Morgan fingerprint density at radius 2 is 2.14 bits per heavy atom. The molecule has 2 aromatic rings. The summed E-state index contributed by atoms with van der Waals surface area (Å²) in [5, 5.41) is 7.14. The summed E-state index contributed by atoms with van der Waals surface area (Å²) in [5.74, 6) is 1.52. The van der Waals surface area contributed by atoms with E-state index >= 15 is 0 Å². The molecule has 0 atom stereocenters. The predicted octanol–water partition coefficient (Wildman–Crippen LogP) is 2.00. The lowest BCUT2D eigenvalue weighted by Gasteiger charge is -2.07. The Hall–Kier alpha value is -1.92. The fourth-order valence-electron chi connectivity index (χ4n) is 1.86. The van der Waals surface area contributed by atoms with Gasteiger partial charge in [-0.05, 0) is 26.0 Å². The van der Waals surface area contributed by atoms with Gasteiger partial charge < -0.3 is 19.3 Å². The van der Waals surface area contributed by atoms with E-state index in [2.05, 4.69) is 15.5 Å². The first-order chi connectivity index (χ1) is 10.2. The maximum Gasteiger partial charge on any atom is 0.140 e. The Morgan fingerprint density at radius 3 is 2.76 bits per heavy atom. The van der Waals surface area contributed by atoms with Crippen molar-refractivity contribution >= 4 is 0 Å². The van der Waals surface area contributed by atoms with Gasteiger partial charge in [-0.3, -0.25) is 4.98 Å². The molecule has 6 nitrogen and oxygen atoms in total. The van der Waals surface area contributed by atoms with Crippen molar-refractivity contribution in [2.24, 2.45) is 0 Å². The predicted molar refractivity (Wildman–Crippen MR) is 78.1 cm³/mol. The van der Waals surface area contributed by atoms with Gasteiger partial charge in [0.1, 0.15) is 18.1 Å². The summed E-state index contributed by atoms with van der Waals surface area (Å²) < 4.78 is 15.8. The number of hydrogen-bond donors (Lipinski definition) is 1. The SMILES string of the molecule is COCCNCc1ccc(OCc2c(C)noc2C)cn1. The summed E-state index contributed by atoms with van der Waals surface area (Å²) in [7, 11) is 1.69. The highest BCUT2D eigenvalue weighted by atomic mass is 16.5. The molecule has 0 aromatic carbocycles. The van der Waals surface area contributed by atoms with Crippen LogP contribution in [-0.4, -0.2) is 30.4 Å². The average molecular weight is 291 g/mol. The quantitative estimate of drug-likeness (QED) is 0.750. The molecule has 0 saturated carbocycles. The fraction of sp³-hybridized carbons (Fsp3) is 0.467. The molecule has 0 unspecified atom stereocenters. The Morgan fingerprint density at radius 1 is 1.29 bits per heavy atom. The van der Waals surface area contributed by atoms with Crippen LogP contribution in [0, 0.1) is 13.8 Å². The van der Waals surface area contributed by atoms with E-state index in [1.165, 1.54) is 0 Å². The minimum Gasteiger partial charge on any atom is -0.487 e. The van der Waals surface area contributed by atoms with Crippen LogP contribution in [0.5, 0.6) is 5.75 Å². The standard InChI is InChI=1S/C15H21N3O3/c1-11-15(12(2)21-18-11)10-20-14-5-4-13(17-9-14)8-16-6-7-19-3/h4-5,9,16H,6-8,10H2,1-3H3. The molecule has 6 heteroatoms. The highest BCUT2D eigenvalue weighted by molar-refractivity contribution is 5.23. The number of aromatic nitrogens is 2. The third-order valence-electron chi connectivity index (χ3n) is 3.15. The van der Waals surface area contributed by atoms with Gasteiger partial charge in [-0.25, -0.2) is 0 Å². The number of methoxy groups -OCH3 is 1. The van der Waals surface area contributed by atoms with E-state index in [1.54, 1.807) is 13.3 Å². The highest BCUT2D eigenvalue weighted by Crippen LogP contribution is 2.16. The molecule has 2 heterocycles. The molecule has 1 N–H and O–H groups in total. The van der Waals surface area contributed by atoms with E-state index in [0.717, 1.165) is 35.0 Å². The highest BCUT2D eigenvalue weighted by Gasteiger charge is 2.09. The van der Waals surface area contributed by atoms with Crippen LogP contribution < -0.4 is 10.1 Å². The van der Waals surface area contributed by atoms with Crippen LogP contribution in [0.4, 0.5) is 0 Å².